The van der Waals surface area contributed by atoms with E-state index in [1.807, 2.05) is 0 Å². The number of halogens is 2. The number of hydrogen-bond acceptors (Lipinski definition) is 6. The van der Waals surface area contributed by atoms with Crippen LogP contribution in [-0.2, 0) is 19.6 Å². The molecule has 0 bridgehead atoms. The Bertz CT molecular complexity index is 1170. The number of nitrogens with one attached hydrogen (secondary N) is 1. The molecule has 178 valence electrons. The van der Waals surface area contributed by atoms with E-state index in [4.69, 9.17) is 16.3 Å². The SMILES string of the molecule is COCCN(C)C(=O)c1ccc(N2CCC(NS(=O)(=O)/C=C/c3ccc(Cl)s3)C2=O)c(F)c1. The van der Waals surface area contributed by atoms with Crippen LogP contribution in [0.25, 0.3) is 6.08 Å². The van der Waals surface area contributed by atoms with Gasteiger partial charge >= 0.3 is 0 Å². The molecular formula is C21H23ClFN3O5S2. The first-order chi connectivity index (χ1) is 15.6. The second-order valence-electron chi connectivity index (χ2n) is 7.32. The van der Waals surface area contributed by atoms with Gasteiger partial charge in [0.05, 0.1) is 16.6 Å². The molecule has 1 aliphatic rings. The number of hydrogen-bond donors (Lipinski definition) is 1. The van der Waals surface area contributed by atoms with Gasteiger partial charge in [0, 0.05) is 43.1 Å². The summed E-state index contributed by atoms with van der Waals surface area (Å²) in [5.74, 6) is -1.69. The lowest BCUT2D eigenvalue weighted by molar-refractivity contribution is -0.118. The lowest BCUT2D eigenvalue weighted by atomic mass is 10.1. The Kier molecular flexibility index (Phi) is 8.24. The number of carbonyl (C=O) groups is 2. The van der Waals surface area contributed by atoms with Gasteiger partial charge in [-0.2, -0.15) is 4.72 Å². The van der Waals surface area contributed by atoms with Gasteiger partial charge in [0.2, 0.25) is 15.9 Å². The highest BCUT2D eigenvalue weighted by Gasteiger charge is 2.36. The molecule has 0 aliphatic carbocycles. The number of rotatable bonds is 9. The van der Waals surface area contributed by atoms with E-state index in [0.29, 0.717) is 22.4 Å². The number of anilines is 1. The maximum absolute atomic E-state index is 14.8. The summed E-state index contributed by atoms with van der Waals surface area (Å²) in [7, 11) is -0.811. The molecule has 2 aromatic rings. The summed E-state index contributed by atoms with van der Waals surface area (Å²) in [6.45, 7) is 0.825. The Hall–Kier alpha value is -2.31. The van der Waals surface area contributed by atoms with Gasteiger partial charge in [-0.05, 0) is 42.8 Å². The third-order valence-corrected chi connectivity index (χ3v) is 7.28. The summed E-state index contributed by atoms with van der Waals surface area (Å²) < 4.78 is 47.3. The van der Waals surface area contributed by atoms with Crippen LogP contribution in [-0.4, -0.2) is 65.0 Å². The smallest absolute Gasteiger partial charge is 0.253 e. The van der Waals surface area contributed by atoms with E-state index in [1.165, 1.54) is 46.5 Å². The van der Waals surface area contributed by atoms with Crippen molar-refractivity contribution in [2.45, 2.75) is 12.5 Å². The minimum atomic E-state index is -3.91. The third-order valence-electron chi connectivity index (χ3n) is 4.98. The van der Waals surface area contributed by atoms with Crippen molar-refractivity contribution in [2.75, 3.05) is 38.8 Å². The highest BCUT2D eigenvalue weighted by atomic mass is 35.5. The molecule has 1 atom stereocenters. The molecule has 0 saturated carbocycles. The fourth-order valence-corrected chi connectivity index (χ4v) is 5.32. The van der Waals surface area contributed by atoms with Crippen LogP contribution in [0.4, 0.5) is 10.1 Å². The summed E-state index contributed by atoms with van der Waals surface area (Å²) in [6, 6.07) is 6.16. The number of thiophene rings is 1. The lowest BCUT2D eigenvalue weighted by Gasteiger charge is -2.20. The van der Waals surface area contributed by atoms with Crippen molar-refractivity contribution in [3.63, 3.8) is 0 Å². The molecule has 1 saturated heterocycles. The topological polar surface area (TPSA) is 96.0 Å². The Morgan fingerprint density at radius 1 is 1.39 bits per heavy atom. The Morgan fingerprint density at radius 3 is 2.79 bits per heavy atom. The fraction of sp³-hybridized carbons (Fsp3) is 0.333. The summed E-state index contributed by atoms with van der Waals surface area (Å²) in [6.07, 6.45) is 1.56. The molecule has 1 N–H and O–H groups in total. The number of ether oxygens (including phenoxy) is 1. The van der Waals surface area contributed by atoms with Crippen molar-refractivity contribution in [3.05, 3.63) is 56.3 Å². The van der Waals surface area contributed by atoms with Gasteiger partial charge in [-0.1, -0.05) is 11.6 Å². The summed E-state index contributed by atoms with van der Waals surface area (Å²) in [5.41, 5.74) is 0.124. The number of sulfonamides is 1. The van der Waals surface area contributed by atoms with Crippen LogP contribution in [0, 0.1) is 5.82 Å². The highest BCUT2D eigenvalue weighted by molar-refractivity contribution is 7.92. The fourth-order valence-electron chi connectivity index (χ4n) is 3.25. The maximum atomic E-state index is 14.8. The Balaban J connectivity index is 1.67. The number of carbonyl (C=O) groups excluding carboxylic acids is 2. The zero-order valence-corrected chi connectivity index (χ0v) is 20.3. The molecule has 1 aromatic heterocycles. The Labute approximate surface area is 200 Å². The van der Waals surface area contributed by atoms with Crippen molar-refractivity contribution in [2.24, 2.45) is 0 Å². The zero-order valence-electron chi connectivity index (χ0n) is 18.0. The minimum absolute atomic E-state index is 0.0124. The van der Waals surface area contributed by atoms with Crippen molar-refractivity contribution < 1.29 is 27.1 Å². The number of methoxy groups -OCH3 is 1. The average molecular weight is 516 g/mol. The van der Waals surface area contributed by atoms with Gasteiger partial charge in [0.15, 0.2) is 0 Å². The first-order valence-electron chi connectivity index (χ1n) is 9.92. The number of amides is 2. The van der Waals surface area contributed by atoms with E-state index in [-0.39, 0.29) is 30.1 Å². The first kappa shape index (κ1) is 25.3. The van der Waals surface area contributed by atoms with Crippen LogP contribution in [0.2, 0.25) is 4.34 Å². The van der Waals surface area contributed by atoms with Crippen LogP contribution in [0.15, 0.2) is 35.7 Å². The predicted molar refractivity (Wildman–Crippen MR) is 126 cm³/mol. The first-order valence-corrected chi connectivity index (χ1v) is 12.7. The monoisotopic (exact) mass is 515 g/mol. The van der Waals surface area contributed by atoms with E-state index in [2.05, 4.69) is 4.72 Å². The molecule has 12 heteroatoms. The molecule has 3 rings (SSSR count). The van der Waals surface area contributed by atoms with Crippen LogP contribution in [0.1, 0.15) is 21.7 Å². The number of likely N-dealkylation sites (N-methyl/N-ethyl adjacent to an activating group) is 1. The van der Waals surface area contributed by atoms with Crippen LogP contribution < -0.4 is 9.62 Å². The molecule has 0 radical (unpaired) electrons. The highest BCUT2D eigenvalue weighted by Crippen LogP contribution is 2.27. The predicted octanol–water partition coefficient (Wildman–Crippen LogP) is 2.95. The van der Waals surface area contributed by atoms with E-state index >= 15 is 0 Å². The number of benzene rings is 1. The van der Waals surface area contributed by atoms with Crippen molar-refractivity contribution in [3.8, 4) is 0 Å². The van der Waals surface area contributed by atoms with E-state index in [9.17, 15) is 22.4 Å². The molecule has 2 amide bonds. The minimum Gasteiger partial charge on any atom is -0.383 e. The van der Waals surface area contributed by atoms with Gasteiger partial charge in [-0.25, -0.2) is 12.8 Å². The van der Waals surface area contributed by atoms with E-state index < -0.39 is 27.8 Å². The zero-order chi connectivity index (χ0) is 24.2. The van der Waals surface area contributed by atoms with Crippen molar-refractivity contribution in [1.82, 2.24) is 9.62 Å². The molecule has 0 spiro atoms. The van der Waals surface area contributed by atoms with Crippen LogP contribution in [0.3, 0.4) is 0 Å². The van der Waals surface area contributed by atoms with Crippen molar-refractivity contribution >= 4 is 56.5 Å². The molecule has 8 nitrogen and oxygen atoms in total. The van der Waals surface area contributed by atoms with Crippen LogP contribution in [0.5, 0.6) is 0 Å². The van der Waals surface area contributed by atoms with E-state index in [0.717, 1.165) is 11.5 Å². The Morgan fingerprint density at radius 2 is 2.15 bits per heavy atom. The average Bonchev–Trinajstić information content (AvgIpc) is 3.35. The maximum Gasteiger partial charge on any atom is 0.253 e. The third kappa shape index (κ3) is 6.39. The molecular weight excluding hydrogens is 493 g/mol. The lowest BCUT2D eigenvalue weighted by Crippen LogP contribution is -2.41. The normalized spacial score (nSPS) is 16.7. The summed E-state index contributed by atoms with van der Waals surface area (Å²) >= 11 is 7.05. The largest absolute Gasteiger partial charge is 0.383 e. The van der Waals surface area contributed by atoms with Gasteiger partial charge in [-0.3, -0.25) is 9.59 Å². The summed E-state index contributed by atoms with van der Waals surface area (Å²) in [4.78, 5) is 28.4. The van der Waals surface area contributed by atoms with E-state index in [1.54, 1.807) is 19.2 Å². The molecule has 1 unspecified atom stereocenters. The molecule has 2 heterocycles. The number of nitrogens with zero attached hydrogens (tertiary/aromatic N) is 2. The van der Waals surface area contributed by atoms with Gasteiger partial charge in [0.25, 0.3) is 5.91 Å². The molecule has 1 aromatic carbocycles. The second-order valence-corrected chi connectivity index (χ2v) is 10.7. The molecule has 1 aliphatic heterocycles. The van der Waals surface area contributed by atoms with Crippen LogP contribution >= 0.6 is 22.9 Å². The summed E-state index contributed by atoms with van der Waals surface area (Å²) in [5, 5.41) is 0.964. The van der Waals surface area contributed by atoms with Gasteiger partial charge in [-0.15, -0.1) is 11.3 Å². The van der Waals surface area contributed by atoms with Gasteiger partial charge in [0.1, 0.15) is 11.9 Å². The standard InChI is InChI=1S/C21H23ClFN3O5S2/c1-25(10-11-31-2)20(27)14-3-5-18(16(23)13-14)26-9-7-17(21(26)28)24-33(29,30)12-8-15-4-6-19(22)32-15/h3-6,8,12-13,17,24H,7,9-11H2,1-2H3/b12-8+. The van der Waals surface area contributed by atoms with Crippen molar-refractivity contribution in [1.29, 1.82) is 0 Å². The molecule has 33 heavy (non-hydrogen) atoms. The molecule has 1 fully saturated rings. The second kappa shape index (κ2) is 10.7. The quantitative estimate of drug-likeness (QED) is 0.554. The van der Waals surface area contributed by atoms with Gasteiger partial charge < -0.3 is 14.5 Å².